The van der Waals surface area contributed by atoms with Crippen LogP contribution in [0.5, 0.6) is 0 Å². The summed E-state index contributed by atoms with van der Waals surface area (Å²) in [5.74, 6) is 0.766. The van der Waals surface area contributed by atoms with Crippen LogP contribution in [0.4, 0.5) is 0 Å². The van der Waals surface area contributed by atoms with E-state index in [1.807, 2.05) is 0 Å². The molecular formula is C13H20BrNO. The van der Waals surface area contributed by atoms with Gasteiger partial charge in [-0.05, 0) is 47.3 Å². The molecule has 1 aromatic rings. The molecule has 90 valence electrons. The third kappa shape index (κ3) is 2.69. The molecule has 1 fully saturated rings. The Labute approximate surface area is 106 Å². The number of rotatable bonds is 4. The summed E-state index contributed by atoms with van der Waals surface area (Å²) in [5, 5.41) is 3.61. The summed E-state index contributed by atoms with van der Waals surface area (Å²) in [5.41, 5.74) is 1.29. The smallest absolute Gasteiger partial charge is 0.173 e. The van der Waals surface area contributed by atoms with Crippen molar-refractivity contribution in [3.05, 3.63) is 22.6 Å². The van der Waals surface area contributed by atoms with E-state index in [0.717, 1.165) is 17.1 Å². The normalized spacial score (nSPS) is 19.9. The third-order valence-electron chi connectivity index (χ3n) is 3.53. The Kier molecular flexibility index (Phi) is 4.47. The van der Waals surface area contributed by atoms with E-state index in [9.17, 15) is 0 Å². The van der Waals surface area contributed by atoms with Crippen LogP contribution in [0.1, 0.15) is 50.6 Å². The van der Waals surface area contributed by atoms with Gasteiger partial charge in [0.2, 0.25) is 0 Å². The van der Waals surface area contributed by atoms with Gasteiger partial charge in [0.25, 0.3) is 0 Å². The molecule has 16 heavy (non-hydrogen) atoms. The molecule has 1 N–H and O–H groups in total. The van der Waals surface area contributed by atoms with Crippen molar-refractivity contribution in [1.82, 2.24) is 5.32 Å². The summed E-state index contributed by atoms with van der Waals surface area (Å²) in [6.45, 7) is 3.18. The minimum atomic E-state index is 0.457. The first-order chi connectivity index (χ1) is 7.83. The zero-order valence-electron chi connectivity index (χ0n) is 9.84. The molecule has 0 spiro atoms. The second-order valence-electron chi connectivity index (χ2n) is 4.58. The first kappa shape index (κ1) is 12.2. The van der Waals surface area contributed by atoms with Crippen LogP contribution in [0.2, 0.25) is 0 Å². The van der Waals surface area contributed by atoms with Gasteiger partial charge in [-0.3, -0.25) is 0 Å². The lowest BCUT2D eigenvalue weighted by Gasteiger charge is -2.30. The fourth-order valence-electron chi connectivity index (χ4n) is 2.74. The number of hydrogen-bond donors (Lipinski definition) is 1. The van der Waals surface area contributed by atoms with Gasteiger partial charge >= 0.3 is 0 Å². The highest BCUT2D eigenvalue weighted by Crippen LogP contribution is 2.37. The summed E-state index contributed by atoms with van der Waals surface area (Å²) >= 11 is 3.50. The van der Waals surface area contributed by atoms with E-state index < -0.39 is 0 Å². The Bertz CT molecular complexity index is 317. The van der Waals surface area contributed by atoms with Crippen LogP contribution in [0.25, 0.3) is 0 Å². The summed E-state index contributed by atoms with van der Waals surface area (Å²) in [7, 11) is 0. The van der Waals surface area contributed by atoms with Crippen LogP contribution < -0.4 is 5.32 Å². The van der Waals surface area contributed by atoms with Crippen LogP contribution in [-0.2, 0) is 0 Å². The first-order valence-electron chi connectivity index (χ1n) is 6.29. The fourth-order valence-corrected chi connectivity index (χ4v) is 3.23. The molecule has 0 radical (unpaired) electrons. The molecule has 0 saturated heterocycles. The van der Waals surface area contributed by atoms with Gasteiger partial charge in [0, 0.05) is 11.6 Å². The number of nitrogens with one attached hydrogen (secondary N) is 1. The van der Waals surface area contributed by atoms with Crippen molar-refractivity contribution in [3.63, 3.8) is 0 Å². The number of hydrogen-bond acceptors (Lipinski definition) is 2. The molecule has 1 aliphatic carbocycles. The maximum absolute atomic E-state index is 5.36. The maximum Gasteiger partial charge on any atom is 0.173 e. The average Bonchev–Trinajstić information content (AvgIpc) is 2.73. The van der Waals surface area contributed by atoms with Crippen molar-refractivity contribution >= 4 is 15.9 Å². The zero-order chi connectivity index (χ0) is 11.4. The Balaban J connectivity index is 2.12. The fraction of sp³-hybridized carbons (Fsp3) is 0.692. The van der Waals surface area contributed by atoms with Gasteiger partial charge in [-0.15, -0.1) is 0 Å². The lowest BCUT2D eigenvalue weighted by atomic mass is 9.82. The standard InChI is InChI=1S/C13H20BrNO/c1-2-15-12(10-6-4-3-5-7-10)11-8-9-16-13(11)14/h8-10,12,15H,2-7H2,1H3. The average molecular weight is 286 g/mol. The summed E-state index contributed by atoms with van der Waals surface area (Å²) in [4.78, 5) is 0. The molecule has 0 bridgehead atoms. The van der Waals surface area contributed by atoms with Crippen molar-refractivity contribution in [2.75, 3.05) is 6.54 Å². The summed E-state index contributed by atoms with van der Waals surface area (Å²) in [6, 6.07) is 2.55. The second kappa shape index (κ2) is 5.87. The summed E-state index contributed by atoms with van der Waals surface area (Å²) < 4.78 is 6.25. The lowest BCUT2D eigenvalue weighted by Crippen LogP contribution is -2.29. The molecule has 1 unspecified atom stereocenters. The molecule has 1 saturated carbocycles. The van der Waals surface area contributed by atoms with Gasteiger partial charge in [-0.25, -0.2) is 0 Å². The molecule has 1 aromatic heterocycles. The van der Waals surface area contributed by atoms with E-state index in [-0.39, 0.29) is 0 Å². The largest absolute Gasteiger partial charge is 0.457 e. The Morgan fingerprint density at radius 1 is 1.44 bits per heavy atom. The minimum absolute atomic E-state index is 0.457. The molecule has 0 aromatic carbocycles. The second-order valence-corrected chi connectivity index (χ2v) is 5.30. The molecule has 2 rings (SSSR count). The number of halogens is 1. The van der Waals surface area contributed by atoms with E-state index in [1.165, 1.54) is 37.7 Å². The molecule has 1 aliphatic rings. The van der Waals surface area contributed by atoms with Gasteiger partial charge in [0.15, 0.2) is 4.67 Å². The SMILES string of the molecule is CCNC(c1ccoc1Br)C1CCCCC1. The van der Waals surface area contributed by atoms with Gasteiger partial charge in [0.05, 0.1) is 6.26 Å². The van der Waals surface area contributed by atoms with Crippen LogP contribution >= 0.6 is 15.9 Å². The predicted octanol–water partition coefficient (Wildman–Crippen LogP) is 4.27. The van der Waals surface area contributed by atoms with Gasteiger partial charge in [-0.1, -0.05) is 26.2 Å². The molecule has 3 heteroatoms. The molecule has 0 amide bonds. The van der Waals surface area contributed by atoms with E-state index in [2.05, 4.69) is 34.2 Å². The molecular weight excluding hydrogens is 266 g/mol. The minimum Gasteiger partial charge on any atom is -0.457 e. The third-order valence-corrected chi connectivity index (χ3v) is 4.17. The van der Waals surface area contributed by atoms with E-state index >= 15 is 0 Å². The lowest BCUT2D eigenvalue weighted by molar-refractivity contribution is 0.272. The molecule has 2 nitrogen and oxygen atoms in total. The highest BCUT2D eigenvalue weighted by molar-refractivity contribution is 9.10. The maximum atomic E-state index is 5.36. The predicted molar refractivity (Wildman–Crippen MR) is 69.4 cm³/mol. The monoisotopic (exact) mass is 285 g/mol. The van der Waals surface area contributed by atoms with Crippen molar-refractivity contribution in [3.8, 4) is 0 Å². The molecule has 0 aliphatic heterocycles. The highest BCUT2D eigenvalue weighted by Gasteiger charge is 2.26. The molecule has 1 atom stereocenters. The zero-order valence-corrected chi connectivity index (χ0v) is 11.4. The van der Waals surface area contributed by atoms with Crippen molar-refractivity contribution in [2.24, 2.45) is 5.92 Å². The van der Waals surface area contributed by atoms with Gasteiger partial charge in [0.1, 0.15) is 0 Å². The quantitative estimate of drug-likeness (QED) is 0.894. The first-order valence-corrected chi connectivity index (χ1v) is 7.08. The van der Waals surface area contributed by atoms with Crippen LogP contribution in [0, 0.1) is 5.92 Å². The van der Waals surface area contributed by atoms with E-state index in [1.54, 1.807) is 6.26 Å². The topological polar surface area (TPSA) is 25.2 Å². The molecule has 1 heterocycles. The van der Waals surface area contributed by atoms with Crippen molar-refractivity contribution in [2.45, 2.75) is 45.1 Å². The Morgan fingerprint density at radius 3 is 2.75 bits per heavy atom. The number of furan rings is 1. The van der Waals surface area contributed by atoms with Crippen LogP contribution in [-0.4, -0.2) is 6.54 Å². The van der Waals surface area contributed by atoms with Gasteiger partial charge in [-0.2, -0.15) is 0 Å². The van der Waals surface area contributed by atoms with Crippen LogP contribution in [0.15, 0.2) is 21.4 Å². The van der Waals surface area contributed by atoms with E-state index in [4.69, 9.17) is 4.42 Å². The highest BCUT2D eigenvalue weighted by atomic mass is 79.9. The van der Waals surface area contributed by atoms with E-state index in [0.29, 0.717) is 6.04 Å². The van der Waals surface area contributed by atoms with Crippen molar-refractivity contribution in [1.29, 1.82) is 0 Å². The Hall–Kier alpha value is -0.280. The van der Waals surface area contributed by atoms with Gasteiger partial charge < -0.3 is 9.73 Å². The van der Waals surface area contributed by atoms with Crippen LogP contribution in [0.3, 0.4) is 0 Å². The Morgan fingerprint density at radius 2 is 2.19 bits per heavy atom. The summed E-state index contributed by atoms with van der Waals surface area (Å²) in [6.07, 6.45) is 8.61. The van der Waals surface area contributed by atoms with Crippen molar-refractivity contribution < 1.29 is 4.42 Å².